The molecular formula is C23H22N4O4. The van der Waals surface area contributed by atoms with Crippen LogP contribution in [0, 0.1) is 0 Å². The molecule has 0 saturated carbocycles. The molecule has 1 amide bonds. The normalized spacial score (nSPS) is 13.2. The van der Waals surface area contributed by atoms with Gasteiger partial charge in [0.15, 0.2) is 11.5 Å². The number of fused-ring (bicyclic) bond motifs is 2. The molecule has 1 aliphatic carbocycles. The fraction of sp³-hybridized carbons (Fsp3) is 0.304. The summed E-state index contributed by atoms with van der Waals surface area (Å²) in [6.07, 6.45) is 4.71. The first kappa shape index (κ1) is 19.3. The highest BCUT2D eigenvalue weighted by molar-refractivity contribution is 5.92. The number of hydrogen-bond acceptors (Lipinski definition) is 7. The van der Waals surface area contributed by atoms with Gasteiger partial charge >= 0.3 is 0 Å². The highest BCUT2D eigenvalue weighted by Crippen LogP contribution is 2.26. The second-order valence-electron chi connectivity index (χ2n) is 7.85. The fourth-order valence-corrected chi connectivity index (χ4v) is 3.90. The largest absolute Gasteiger partial charge is 0.486 e. The first-order chi connectivity index (χ1) is 15.2. The van der Waals surface area contributed by atoms with Crippen LogP contribution in [0.5, 0.6) is 5.75 Å². The highest BCUT2D eigenvalue weighted by Gasteiger charge is 2.18. The van der Waals surface area contributed by atoms with Gasteiger partial charge in [-0.2, -0.15) is 0 Å². The molecule has 0 unspecified atom stereocenters. The van der Waals surface area contributed by atoms with E-state index in [1.165, 1.54) is 24.0 Å². The van der Waals surface area contributed by atoms with Crippen LogP contribution in [0.3, 0.4) is 0 Å². The maximum absolute atomic E-state index is 12.7. The molecule has 0 fully saturated rings. The molecule has 1 aliphatic rings. The van der Waals surface area contributed by atoms with Crippen LogP contribution in [0.2, 0.25) is 0 Å². The molecule has 0 N–H and O–H groups in total. The summed E-state index contributed by atoms with van der Waals surface area (Å²) in [5.74, 6) is 1.08. The van der Waals surface area contributed by atoms with Gasteiger partial charge in [-0.3, -0.25) is 4.79 Å². The van der Waals surface area contributed by atoms with Crippen LogP contribution in [-0.2, 0) is 26.0 Å². The third kappa shape index (κ3) is 4.14. The predicted octanol–water partition coefficient (Wildman–Crippen LogP) is 3.94. The lowest BCUT2D eigenvalue weighted by molar-refractivity contribution is 0.0774. The quantitative estimate of drug-likeness (QED) is 0.468. The third-order valence-electron chi connectivity index (χ3n) is 5.56. The average molecular weight is 418 g/mol. The Balaban J connectivity index is 1.20. The van der Waals surface area contributed by atoms with Crippen molar-refractivity contribution in [1.82, 2.24) is 20.4 Å². The molecule has 2 aromatic heterocycles. The summed E-state index contributed by atoms with van der Waals surface area (Å²) in [4.78, 5) is 14.3. The van der Waals surface area contributed by atoms with E-state index in [4.69, 9.17) is 13.9 Å². The van der Waals surface area contributed by atoms with E-state index in [2.05, 4.69) is 27.6 Å². The van der Waals surface area contributed by atoms with Crippen molar-refractivity contribution in [2.24, 2.45) is 0 Å². The zero-order valence-corrected chi connectivity index (χ0v) is 17.2. The standard InChI is InChI=1S/C23H22N4O4/c1-27(13-15-6-9-20-21(10-15)26-31-25-20)23(28)22-12-19(30-24-22)14-29-18-8-7-16-4-2-3-5-17(16)11-18/h6-12H,2-5,13-14H2,1H3. The molecule has 158 valence electrons. The monoisotopic (exact) mass is 418 g/mol. The number of rotatable bonds is 6. The van der Waals surface area contributed by atoms with Gasteiger partial charge in [-0.15, -0.1) is 0 Å². The lowest BCUT2D eigenvalue weighted by atomic mass is 9.92. The Bertz CT molecular complexity index is 1230. The van der Waals surface area contributed by atoms with E-state index >= 15 is 0 Å². The first-order valence-corrected chi connectivity index (χ1v) is 10.3. The summed E-state index contributed by atoms with van der Waals surface area (Å²) < 4.78 is 15.9. The summed E-state index contributed by atoms with van der Waals surface area (Å²) in [5.41, 5.74) is 5.26. The summed E-state index contributed by atoms with van der Waals surface area (Å²) in [6, 6.07) is 13.4. The Kier molecular flexibility index (Phi) is 5.11. The van der Waals surface area contributed by atoms with Gasteiger partial charge in [0.05, 0.1) is 0 Å². The molecule has 0 radical (unpaired) electrons. The topological polar surface area (TPSA) is 94.5 Å². The van der Waals surface area contributed by atoms with Gasteiger partial charge in [0.25, 0.3) is 5.91 Å². The molecule has 0 atom stereocenters. The molecule has 2 heterocycles. The molecule has 8 nitrogen and oxygen atoms in total. The molecule has 5 rings (SSSR count). The van der Waals surface area contributed by atoms with Crippen LogP contribution in [0.25, 0.3) is 11.0 Å². The molecule has 31 heavy (non-hydrogen) atoms. The van der Waals surface area contributed by atoms with E-state index in [0.717, 1.165) is 24.2 Å². The van der Waals surface area contributed by atoms with E-state index in [9.17, 15) is 4.79 Å². The molecule has 0 saturated heterocycles. The average Bonchev–Trinajstić information content (AvgIpc) is 3.46. The zero-order chi connectivity index (χ0) is 21.2. The Morgan fingerprint density at radius 3 is 2.74 bits per heavy atom. The van der Waals surface area contributed by atoms with Crippen molar-refractivity contribution in [3.8, 4) is 5.75 Å². The minimum Gasteiger partial charge on any atom is -0.486 e. The summed E-state index contributed by atoms with van der Waals surface area (Å²) in [5, 5.41) is 11.5. The van der Waals surface area contributed by atoms with Crippen LogP contribution in [-0.4, -0.2) is 33.3 Å². The van der Waals surface area contributed by atoms with E-state index in [0.29, 0.717) is 23.3 Å². The third-order valence-corrected chi connectivity index (χ3v) is 5.56. The number of amides is 1. The molecular weight excluding hydrogens is 396 g/mol. The fourth-order valence-electron chi connectivity index (χ4n) is 3.90. The van der Waals surface area contributed by atoms with Crippen molar-refractivity contribution < 1.29 is 18.7 Å². The van der Waals surface area contributed by atoms with Crippen molar-refractivity contribution >= 4 is 16.9 Å². The number of aromatic nitrogens is 3. The maximum atomic E-state index is 12.7. The summed E-state index contributed by atoms with van der Waals surface area (Å²) >= 11 is 0. The highest BCUT2D eigenvalue weighted by atomic mass is 16.6. The van der Waals surface area contributed by atoms with E-state index in [-0.39, 0.29) is 18.2 Å². The minimum atomic E-state index is -0.234. The van der Waals surface area contributed by atoms with Gasteiger partial charge in [0.1, 0.15) is 23.4 Å². The van der Waals surface area contributed by atoms with Crippen LogP contribution in [0.15, 0.2) is 51.6 Å². The predicted molar refractivity (Wildman–Crippen MR) is 112 cm³/mol. The van der Waals surface area contributed by atoms with Crippen molar-refractivity contribution in [1.29, 1.82) is 0 Å². The van der Waals surface area contributed by atoms with Crippen molar-refractivity contribution in [2.45, 2.75) is 38.8 Å². The van der Waals surface area contributed by atoms with Crippen molar-refractivity contribution in [3.05, 3.63) is 70.6 Å². The lowest BCUT2D eigenvalue weighted by Crippen LogP contribution is -2.26. The van der Waals surface area contributed by atoms with E-state index in [1.54, 1.807) is 18.0 Å². The van der Waals surface area contributed by atoms with Gasteiger partial charge in [-0.25, -0.2) is 4.63 Å². The van der Waals surface area contributed by atoms with Crippen molar-refractivity contribution in [2.75, 3.05) is 7.05 Å². The second kappa shape index (κ2) is 8.22. The van der Waals surface area contributed by atoms with Gasteiger partial charge in [-0.05, 0) is 77.0 Å². The molecule has 4 aromatic rings. The SMILES string of the molecule is CN(Cc1ccc2nonc2c1)C(=O)c1cc(COc2ccc3c(c2)CCCC3)on1. The van der Waals surface area contributed by atoms with Crippen molar-refractivity contribution in [3.63, 3.8) is 0 Å². The van der Waals surface area contributed by atoms with Crippen LogP contribution < -0.4 is 4.74 Å². The molecule has 0 spiro atoms. The maximum Gasteiger partial charge on any atom is 0.276 e. The Hall–Kier alpha value is -3.68. The molecule has 0 bridgehead atoms. The first-order valence-electron chi connectivity index (χ1n) is 10.3. The molecule has 2 aromatic carbocycles. The molecule has 0 aliphatic heterocycles. The van der Waals surface area contributed by atoms with Crippen LogP contribution >= 0.6 is 0 Å². The van der Waals surface area contributed by atoms with Gasteiger partial charge in [0.2, 0.25) is 0 Å². The van der Waals surface area contributed by atoms with Gasteiger partial charge in [-0.1, -0.05) is 17.3 Å². The van der Waals surface area contributed by atoms with Gasteiger partial charge < -0.3 is 14.2 Å². The number of carbonyl (C=O) groups excluding carboxylic acids is 1. The van der Waals surface area contributed by atoms with Crippen LogP contribution in [0.4, 0.5) is 0 Å². The number of ether oxygens (including phenoxy) is 1. The number of aryl methyl sites for hydroxylation is 2. The van der Waals surface area contributed by atoms with E-state index in [1.807, 2.05) is 24.3 Å². The Labute approximate surface area is 178 Å². The van der Waals surface area contributed by atoms with E-state index < -0.39 is 0 Å². The zero-order valence-electron chi connectivity index (χ0n) is 17.2. The number of hydrogen-bond donors (Lipinski definition) is 0. The smallest absolute Gasteiger partial charge is 0.276 e. The Morgan fingerprint density at radius 2 is 1.84 bits per heavy atom. The minimum absolute atomic E-state index is 0.221. The van der Waals surface area contributed by atoms with Gasteiger partial charge in [0, 0.05) is 19.7 Å². The summed E-state index contributed by atoms with van der Waals surface area (Å²) in [6.45, 7) is 0.619. The summed E-state index contributed by atoms with van der Waals surface area (Å²) in [7, 11) is 1.71. The van der Waals surface area contributed by atoms with Crippen LogP contribution in [0.1, 0.15) is 45.8 Å². The number of nitrogens with zero attached hydrogens (tertiary/aromatic N) is 4. The number of carbonyl (C=O) groups is 1. The molecule has 8 heteroatoms. The number of benzene rings is 2. The second-order valence-corrected chi connectivity index (χ2v) is 7.85. The Morgan fingerprint density at radius 1 is 1.00 bits per heavy atom. The lowest BCUT2D eigenvalue weighted by Gasteiger charge is -2.16.